The number of ether oxygens (including phenoxy) is 1. The van der Waals surface area contributed by atoms with E-state index in [1.54, 1.807) is 0 Å². The summed E-state index contributed by atoms with van der Waals surface area (Å²) < 4.78 is 5.76. The van der Waals surface area contributed by atoms with E-state index in [2.05, 4.69) is 20.8 Å². The first kappa shape index (κ1) is 11.9. The van der Waals surface area contributed by atoms with E-state index in [9.17, 15) is 0 Å². The van der Waals surface area contributed by atoms with E-state index in [0.717, 1.165) is 25.9 Å². The molecule has 0 radical (unpaired) electrons. The second kappa shape index (κ2) is 5.55. The zero-order valence-electron chi connectivity index (χ0n) is 8.89. The van der Waals surface area contributed by atoms with Gasteiger partial charge in [-0.2, -0.15) is 0 Å². The summed E-state index contributed by atoms with van der Waals surface area (Å²) in [5.41, 5.74) is 5.95. The summed E-state index contributed by atoms with van der Waals surface area (Å²) in [6, 6.07) is 0.174. The van der Waals surface area contributed by atoms with Crippen LogP contribution in [0.3, 0.4) is 0 Å². The first-order valence-corrected chi connectivity index (χ1v) is 5.06. The molecule has 2 heteroatoms. The van der Waals surface area contributed by atoms with E-state index in [-0.39, 0.29) is 11.6 Å². The number of rotatable bonds is 6. The van der Waals surface area contributed by atoms with Crippen molar-refractivity contribution in [3.8, 4) is 0 Å². The fourth-order valence-electron chi connectivity index (χ4n) is 1.75. The fraction of sp³-hybridized carbons (Fsp3) is 1.00. The van der Waals surface area contributed by atoms with E-state index < -0.39 is 0 Å². The van der Waals surface area contributed by atoms with Gasteiger partial charge in [-0.3, -0.25) is 0 Å². The molecule has 0 aromatic carbocycles. The zero-order valence-corrected chi connectivity index (χ0v) is 8.89. The Bertz CT molecular complexity index is 110. The highest BCUT2D eigenvalue weighted by Crippen LogP contribution is 2.25. The first-order valence-electron chi connectivity index (χ1n) is 5.06. The average molecular weight is 173 g/mol. The Labute approximate surface area is 76.5 Å². The molecule has 0 rings (SSSR count). The van der Waals surface area contributed by atoms with Crippen LogP contribution in [0.25, 0.3) is 0 Å². The smallest absolute Gasteiger partial charge is 0.0827 e. The molecule has 74 valence electrons. The molecule has 0 saturated carbocycles. The molecular formula is C10H23NO. The van der Waals surface area contributed by atoms with Crippen molar-refractivity contribution >= 4 is 0 Å². The van der Waals surface area contributed by atoms with Crippen molar-refractivity contribution in [2.24, 2.45) is 5.73 Å². The van der Waals surface area contributed by atoms with Crippen LogP contribution >= 0.6 is 0 Å². The fourth-order valence-corrected chi connectivity index (χ4v) is 1.75. The Hall–Kier alpha value is -0.0800. The number of hydrogen-bond acceptors (Lipinski definition) is 2. The lowest BCUT2D eigenvalue weighted by atomic mass is 9.87. The van der Waals surface area contributed by atoms with Crippen molar-refractivity contribution in [2.45, 2.75) is 58.6 Å². The van der Waals surface area contributed by atoms with Crippen molar-refractivity contribution in [3.05, 3.63) is 0 Å². The molecule has 0 aliphatic rings. The van der Waals surface area contributed by atoms with Crippen LogP contribution in [0.15, 0.2) is 0 Å². The number of nitrogens with two attached hydrogens (primary N) is 1. The molecule has 0 amide bonds. The van der Waals surface area contributed by atoms with E-state index in [1.165, 1.54) is 0 Å². The summed E-state index contributed by atoms with van der Waals surface area (Å²) in [5, 5.41) is 0. The van der Waals surface area contributed by atoms with Crippen molar-refractivity contribution in [1.29, 1.82) is 0 Å². The molecule has 0 aliphatic heterocycles. The normalized spacial score (nSPS) is 14.8. The quantitative estimate of drug-likeness (QED) is 0.669. The number of hydrogen-bond donors (Lipinski definition) is 1. The Morgan fingerprint density at radius 3 is 1.92 bits per heavy atom. The minimum absolute atomic E-state index is 0.0799. The molecule has 0 aromatic heterocycles. The van der Waals surface area contributed by atoms with E-state index >= 15 is 0 Å². The highest BCUT2D eigenvalue weighted by atomic mass is 16.5. The molecule has 0 spiro atoms. The van der Waals surface area contributed by atoms with Crippen LogP contribution in [0, 0.1) is 0 Å². The van der Waals surface area contributed by atoms with Crippen LogP contribution < -0.4 is 5.73 Å². The standard InChI is InChI=1S/C10H23NO/c1-5-9(11)10(6-2,7-3)12-8-4/h9H,5-8,11H2,1-4H3. The molecule has 0 heterocycles. The predicted molar refractivity (Wildman–Crippen MR) is 53.2 cm³/mol. The van der Waals surface area contributed by atoms with Gasteiger partial charge in [-0.25, -0.2) is 0 Å². The summed E-state index contributed by atoms with van der Waals surface area (Å²) in [7, 11) is 0. The molecular weight excluding hydrogens is 150 g/mol. The van der Waals surface area contributed by atoms with Crippen molar-refractivity contribution < 1.29 is 4.74 Å². The van der Waals surface area contributed by atoms with Gasteiger partial charge in [-0.05, 0) is 26.2 Å². The van der Waals surface area contributed by atoms with Crippen LogP contribution in [0.5, 0.6) is 0 Å². The molecule has 1 unspecified atom stereocenters. The molecule has 0 saturated heterocycles. The second-order valence-corrected chi connectivity index (χ2v) is 3.22. The minimum atomic E-state index is -0.0799. The Balaban J connectivity index is 4.33. The maximum absolute atomic E-state index is 6.03. The van der Waals surface area contributed by atoms with Crippen LogP contribution in [0.2, 0.25) is 0 Å². The van der Waals surface area contributed by atoms with Crippen molar-refractivity contribution in [2.75, 3.05) is 6.61 Å². The van der Waals surface area contributed by atoms with E-state index in [0.29, 0.717) is 0 Å². The molecule has 2 nitrogen and oxygen atoms in total. The van der Waals surface area contributed by atoms with Gasteiger partial charge < -0.3 is 10.5 Å². The molecule has 1 atom stereocenters. The monoisotopic (exact) mass is 173 g/mol. The van der Waals surface area contributed by atoms with Crippen LogP contribution in [-0.2, 0) is 4.74 Å². The van der Waals surface area contributed by atoms with Gasteiger partial charge in [-0.15, -0.1) is 0 Å². The Morgan fingerprint density at radius 2 is 1.67 bits per heavy atom. The van der Waals surface area contributed by atoms with Gasteiger partial charge in [-0.1, -0.05) is 20.8 Å². The second-order valence-electron chi connectivity index (χ2n) is 3.22. The van der Waals surface area contributed by atoms with Gasteiger partial charge in [0.05, 0.1) is 5.60 Å². The first-order chi connectivity index (χ1) is 5.66. The molecule has 2 N–H and O–H groups in total. The third-order valence-electron chi connectivity index (χ3n) is 2.74. The third kappa shape index (κ3) is 2.46. The third-order valence-corrected chi connectivity index (χ3v) is 2.74. The lowest BCUT2D eigenvalue weighted by Gasteiger charge is -2.36. The topological polar surface area (TPSA) is 35.2 Å². The molecule has 0 aromatic rings. The average Bonchev–Trinajstić information content (AvgIpc) is 2.13. The highest BCUT2D eigenvalue weighted by molar-refractivity contribution is 4.88. The maximum Gasteiger partial charge on any atom is 0.0827 e. The zero-order chi connectivity index (χ0) is 9.61. The maximum atomic E-state index is 6.03. The summed E-state index contributed by atoms with van der Waals surface area (Å²) >= 11 is 0. The lowest BCUT2D eigenvalue weighted by Crippen LogP contribution is -2.49. The van der Waals surface area contributed by atoms with Crippen molar-refractivity contribution in [3.63, 3.8) is 0 Å². The van der Waals surface area contributed by atoms with Gasteiger partial charge in [0.1, 0.15) is 0 Å². The van der Waals surface area contributed by atoms with Crippen LogP contribution in [0.1, 0.15) is 47.0 Å². The summed E-state index contributed by atoms with van der Waals surface area (Å²) in [6.45, 7) is 9.20. The Morgan fingerprint density at radius 1 is 1.17 bits per heavy atom. The molecule has 0 fully saturated rings. The van der Waals surface area contributed by atoms with Crippen LogP contribution in [0.4, 0.5) is 0 Å². The lowest BCUT2D eigenvalue weighted by molar-refractivity contribution is -0.0641. The molecule has 12 heavy (non-hydrogen) atoms. The molecule has 0 aliphatic carbocycles. The van der Waals surface area contributed by atoms with Gasteiger partial charge >= 0.3 is 0 Å². The molecule has 0 bridgehead atoms. The Kier molecular flexibility index (Phi) is 5.51. The largest absolute Gasteiger partial charge is 0.374 e. The van der Waals surface area contributed by atoms with Gasteiger partial charge in [0.25, 0.3) is 0 Å². The highest BCUT2D eigenvalue weighted by Gasteiger charge is 2.32. The minimum Gasteiger partial charge on any atom is -0.374 e. The van der Waals surface area contributed by atoms with Gasteiger partial charge in [0.15, 0.2) is 0 Å². The van der Waals surface area contributed by atoms with E-state index in [1.807, 2.05) is 6.92 Å². The SMILES string of the molecule is CCOC(CC)(CC)C(N)CC. The van der Waals surface area contributed by atoms with E-state index in [4.69, 9.17) is 10.5 Å². The predicted octanol–water partition coefficient (Wildman–Crippen LogP) is 2.32. The summed E-state index contributed by atoms with van der Waals surface area (Å²) in [6.07, 6.45) is 3.00. The van der Waals surface area contributed by atoms with Crippen LogP contribution in [-0.4, -0.2) is 18.2 Å². The van der Waals surface area contributed by atoms with Gasteiger partial charge in [0, 0.05) is 12.6 Å². The summed E-state index contributed by atoms with van der Waals surface area (Å²) in [5.74, 6) is 0. The van der Waals surface area contributed by atoms with Gasteiger partial charge in [0.2, 0.25) is 0 Å². The van der Waals surface area contributed by atoms with Crippen molar-refractivity contribution in [1.82, 2.24) is 0 Å². The summed E-state index contributed by atoms with van der Waals surface area (Å²) in [4.78, 5) is 0.